The monoisotopic (exact) mass is 293 g/mol. The second-order valence-electron chi connectivity index (χ2n) is 4.72. The van der Waals surface area contributed by atoms with Crippen LogP contribution in [0.15, 0.2) is 0 Å². The highest BCUT2D eigenvalue weighted by Crippen LogP contribution is 2.45. The smallest absolute Gasteiger partial charge is 0.354 e. The van der Waals surface area contributed by atoms with E-state index in [-0.39, 0.29) is 19.3 Å². The molecule has 0 spiro atoms. The molecule has 1 aliphatic carbocycles. The number of nitrogens with one attached hydrogen (secondary N) is 1. The number of alkyl halides is 6. The van der Waals surface area contributed by atoms with Crippen LogP contribution in [0.1, 0.15) is 32.6 Å². The summed E-state index contributed by atoms with van der Waals surface area (Å²) in [4.78, 5) is 0. The minimum atomic E-state index is -5.43. The molecule has 1 saturated carbocycles. The summed E-state index contributed by atoms with van der Waals surface area (Å²) in [7, 11) is 0. The molecule has 0 bridgehead atoms. The van der Waals surface area contributed by atoms with Crippen LogP contribution in [0.2, 0.25) is 0 Å². The Morgan fingerprint density at radius 1 is 1.11 bits per heavy atom. The molecule has 19 heavy (non-hydrogen) atoms. The molecule has 0 radical (unpaired) electrons. The van der Waals surface area contributed by atoms with E-state index < -0.39 is 24.1 Å². The van der Waals surface area contributed by atoms with E-state index >= 15 is 0 Å². The highest BCUT2D eigenvalue weighted by molar-refractivity contribution is 4.93. The van der Waals surface area contributed by atoms with Gasteiger partial charge in [0.15, 0.2) is 0 Å². The molecular weight excluding hydrogens is 276 g/mol. The second-order valence-corrected chi connectivity index (χ2v) is 4.72. The Kier molecular flexibility index (Phi) is 5.11. The molecule has 0 unspecified atom stereocenters. The fourth-order valence-electron chi connectivity index (χ4n) is 2.06. The van der Waals surface area contributed by atoms with Crippen LogP contribution in [0.5, 0.6) is 0 Å². The van der Waals surface area contributed by atoms with Gasteiger partial charge in [-0.1, -0.05) is 6.92 Å². The SMILES string of the molecule is CCNCCC1(OC(C(F)(F)F)C(F)(F)F)CCC1. The van der Waals surface area contributed by atoms with Gasteiger partial charge in [0.2, 0.25) is 6.10 Å². The van der Waals surface area contributed by atoms with E-state index in [1.54, 1.807) is 0 Å². The van der Waals surface area contributed by atoms with Gasteiger partial charge in [-0.05, 0) is 38.8 Å². The van der Waals surface area contributed by atoms with Crippen molar-refractivity contribution in [3.63, 3.8) is 0 Å². The number of hydrogen-bond donors (Lipinski definition) is 1. The summed E-state index contributed by atoms with van der Waals surface area (Å²) in [6.45, 7) is 2.76. The molecule has 0 aliphatic heterocycles. The zero-order valence-electron chi connectivity index (χ0n) is 10.5. The Morgan fingerprint density at radius 3 is 1.95 bits per heavy atom. The summed E-state index contributed by atoms with van der Waals surface area (Å²) in [6.07, 6.45) is -13.3. The van der Waals surface area contributed by atoms with E-state index in [1.807, 2.05) is 6.92 Å². The molecule has 2 nitrogen and oxygen atoms in total. The molecule has 0 aromatic heterocycles. The van der Waals surface area contributed by atoms with Crippen molar-refractivity contribution in [1.29, 1.82) is 0 Å². The average Bonchev–Trinajstić information content (AvgIpc) is 2.17. The first-order valence-corrected chi connectivity index (χ1v) is 6.13. The van der Waals surface area contributed by atoms with Gasteiger partial charge in [-0.2, -0.15) is 26.3 Å². The van der Waals surface area contributed by atoms with E-state index in [2.05, 4.69) is 10.1 Å². The Bertz CT molecular complexity index is 270. The number of hydrogen-bond acceptors (Lipinski definition) is 2. The molecule has 0 aromatic carbocycles. The highest BCUT2D eigenvalue weighted by atomic mass is 19.4. The minimum Gasteiger partial charge on any atom is -0.354 e. The third-order valence-electron chi connectivity index (χ3n) is 3.23. The lowest BCUT2D eigenvalue weighted by Gasteiger charge is -2.44. The third-order valence-corrected chi connectivity index (χ3v) is 3.23. The fourth-order valence-corrected chi connectivity index (χ4v) is 2.06. The molecule has 0 atom stereocenters. The zero-order valence-corrected chi connectivity index (χ0v) is 10.5. The lowest BCUT2D eigenvalue weighted by atomic mass is 9.77. The molecule has 0 heterocycles. The van der Waals surface area contributed by atoms with Crippen molar-refractivity contribution >= 4 is 0 Å². The standard InChI is InChI=1S/C11H17F6NO/c1-2-18-7-6-9(4-3-5-9)19-8(10(12,13)14)11(15,16)17/h8,18H,2-7H2,1H3. The van der Waals surface area contributed by atoms with Crippen molar-refractivity contribution in [2.75, 3.05) is 13.1 Å². The van der Waals surface area contributed by atoms with Crippen molar-refractivity contribution in [3.8, 4) is 0 Å². The molecule has 114 valence electrons. The number of rotatable bonds is 6. The Morgan fingerprint density at radius 2 is 1.63 bits per heavy atom. The minimum absolute atomic E-state index is 0.156. The van der Waals surface area contributed by atoms with Gasteiger partial charge in [-0.15, -0.1) is 0 Å². The van der Waals surface area contributed by atoms with E-state index in [9.17, 15) is 26.3 Å². The Labute approximate surface area is 107 Å². The molecule has 1 fully saturated rings. The normalized spacial score (nSPS) is 19.6. The van der Waals surface area contributed by atoms with Crippen LogP contribution in [-0.2, 0) is 4.74 Å². The Balaban J connectivity index is 2.71. The van der Waals surface area contributed by atoms with E-state index in [0.717, 1.165) is 0 Å². The molecule has 0 aromatic rings. The zero-order chi connectivity index (χ0) is 14.7. The maximum absolute atomic E-state index is 12.4. The largest absolute Gasteiger partial charge is 0.423 e. The summed E-state index contributed by atoms with van der Waals surface area (Å²) in [5.41, 5.74) is -1.29. The summed E-state index contributed by atoms with van der Waals surface area (Å²) in [5, 5.41) is 2.88. The van der Waals surface area contributed by atoms with Gasteiger partial charge in [-0.25, -0.2) is 0 Å². The first-order valence-electron chi connectivity index (χ1n) is 6.13. The maximum Gasteiger partial charge on any atom is 0.423 e. The van der Waals surface area contributed by atoms with Crippen LogP contribution >= 0.6 is 0 Å². The number of halogens is 6. The van der Waals surface area contributed by atoms with Crippen molar-refractivity contribution in [1.82, 2.24) is 5.32 Å². The summed E-state index contributed by atoms with van der Waals surface area (Å²) in [5.74, 6) is 0. The summed E-state index contributed by atoms with van der Waals surface area (Å²) < 4.78 is 79.1. The molecular formula is C11H17F6NO. The van der Waals surface area contributed by atoms with Crippen molar-refractivity contribution < 1.29 is 31.1 Å². The fraction of sp³-hybridized carbons (Fsp3) is 1.00. The van der Waals surface area contributed by atoms with E-state index in [0.29, 0.717) is 19.5 Å². The van der Waals surface area contributed by atoms with Gasteiger partial charge in [0.1, 0.15) is 0 Å². The first kappa shape index (κ1) is 16.6. The van der Waals surface area contributed by atoms with Crippen molar-refractivity contribution in [2.45, 2.75) is 56.7 Å². The average molecular weight is 293 g/mol. The van der Waals surface area contributed by atoms with Crippen molar-refractivity contribution in [2.24, 2.45) is 0 Å². The molecule has 1 rings (SSSR count). The predicted octanol–water partition coefficient (Wildman–Crippen LogP) is 3.42. The molecule has 8 heteroatoms. The Hall–Kier alpha value is -0.500. The van der Waals surface area contributed by atoms with Crippen molar-refractivity contribution in [3.05, 3.63) is 0 Å². The molecule has 1 N–H and O–H groups in total. The maximum atomic E-state index is 12.4. The van der Waals surface area contributed by atoms with Crippen LogP contribution in [0.3, 0.4) is 0 Å². The third kappa shape index (κ3) is 4.52. The molecule has 0 saturated heterocycles. The van der Waals surface area contributed by atoms with Gasteiger partial charge < -0.3 is 10.1 Å². The van der Waals surface area contributed by atoms with Gasteiger partial charge in [0, 0.05) is 0 Å². The number of ether oxygens (including phenoxy) is 1. The van der Waals surface area contributed by atoms with Crippen LogP contribution in [0.4, 0.5) is 26.3 Å². The quantitative estimate of drug-likeness (QED) is 0.598. The van der Waals surface area contributed by atoms with Gasteiger partial charge >= 0.3 is 12.4 Å². The lowest BCUT2D eigenvalue weighted by molar-refractivity contribution is -0.353. The second kappa shape index (κ2) is 5.87. The molecule has 1 aliphatic rings. The van der Waals surface area contributed by atoms with Crippen LogP contribution in [0.25, 0.3) is 0 Å². The van der Waals surface area contributed by atoms with Gasteiger partial charge in [-0.3, -0.25) is 0 Å². The lowest BCUT2D eigenvalue weighted by Crippen LogP contribution is -2.53. The first-order chi connectivity index (χ1) is 8.61. The molecule has 0 amide bonds. The topological polar surface area (TPSA) is 21.3 Å². The highest BCUT2D eigenvalue weighted by Gasteiger charge is 2.61. The van der Waals surface area contributed by atoms with Crippen LogP contribution in [0, 0.1) is 0 Å². The van der Waals surface area contributed by atoms with Crippen LogP contribution in [-0.4, -0.2) is 37.1 Å². The predicted molar refractivity (Wildman–Crippen MR) is 56.7 cm³/mol. The summed E-state index contributed by atoms with van der Waals surface area (Å²) >= 11 is 0. The van der Waals surface area contributed by atoms with E-state index in [1.165, 1.54) is 0 Å². The van der Waals surface area contributed by atoms with Gasteiger partial charge in [0.25, 0.3) is 0 Å². The summed E-state index contributed by atoms with van der Waals surface area (Å²) in [6, 6.07) is 0. The van der Waals surface area contributed by atoms with Crippen LogP contribution < -0.4 is 5.32 Å². The van der Waals surface area contributed by atoms with E-state index in [4.69, 9.17) is 0 Å². The van der Waals surface area contributed by atoms with Gasteiger partial charge in [0.05, 0.1) is 5.60 Å².